The molecule has 8 N–H and O–H groups in total. The molecule has 0 bridgehead atoms. The Morgan fingerprint density at radius 3 is 2.15 bits per heavy atom. The predicted molar refractivity (Wildman–Crippen MR) is 97.0 cm³/mol. The minimum Gasteiger partial charge on any atom is -0.481 e. The largest absolute Gasteiger partial charge is 0.481 e. The Hall–Kier alpha value is -2.85. The first-order chi connectivity index (χ1) is 12.5. The highest BCUT2D eigenvalue weighted by molar-refractivity contribution is 5.92. The highest BCUT2D eigenvalue weighted by atomic mass is 16.4. The Morgan fingerprint density at radius 2 is 1.67 bits per heavy atom. The van der Waals surface area contributed by atoms with E-state index in [4.69, 9.17) is 21.4 Å². The van der Waals surface area contributed by atoms with Crippen LogP contribution in [0.4, 0.5) is 0 Å². The van der Waals surface area contributed by atoms with Crippen molar-refractivity contribution >= 4 is 29.7 Å². The lowest BCUT2D eigenvalue weighted by molar-refractivity contribution is -0.144. The minimum atomic E-state index is -1.35. The minimum absolute atomic E-state index is 0.0933. The maximum atomic E-state index is 12.2. The van der Waals surface area contributed by atoms with Gasteiger partial charge in [0.2, 0.25) is 11.8 Å². The van der Waals surface area contributed by atoms with Crippen LogP contribution in [0.1, 0.15) is 46.0 Å². The van der Waals surface area contributed by atoms with Gasteiger partial charge in [0.25, 0.3) is 0 Å². The van der Waals surface area contributed by atoms with Crippen LogP contribution in [-0.2, 0) is 19.2 Å². The third-order valence-corrected chi connectivity index (χ3v) is 3.66. The van der Waals surface area contributed by atoms with Gasteiger partial charge in [-0.2, -0.15) is 0 Å². The lowest BCUT2D eigenvalue weighted by Gasteiger charge is -2.22. The molecule has 11 nitrogen and oxygen atoms in total. The molecule has 27 heavy (non-hydrogen) atoms. The summed E-state index contributed by atoms with van der Waals surface area (Å²) >= 11 is 0. The van der Waals surface area contributed by atoms with Crippen molar-refractivity contribution in [1.29, 1.82) is 5.41 Å². The summed E-state index contributed by atoms with van der Waals surface area (Å²) in [6.07, 6.45) is 1.33. The van der Waals surface area contributed by atoms with E-state index in [2.05, 4.69) is 16.0 Å². The van der Waals surface area contributed by atoms with E-state index in [-0.39, 0.29) is 12.4 Å². The number of carboxylic acid groups (broad SMARTS) is 2. The fourth-order valence-corrected chi connectivity index (χ4v) is 2.23. The second-order valence-corrected chi connectivity index (χ2v) is 6.44. The van der Waals surface area contributed by atoms with Crippen LogP contribution < -0.4 is 21.7 Å². The second kappa shape index (κ2) is 12.5. The number of nitrogens with two attached hydrogens (primary N) is 1. The zero-order valence-electron chi connectivity index (χ0n) is 15.6. The Bertz CT molecular complexity index is 551. The fourth-order valence-electron chi connectivity index (χ4n) is 2.23. The third kappa shape index (κ3) is 11.4. The second-order valence-electron chi connectivity index (χ2n) is 6.44. The van der Waals surface area contributed by atoms with E-state index in [1.807, 2.05) is 0 Å². The molecular weight excluding hydrogens is 358 g/mol. The van der Waals surface area contributed by atoms with Crippen molar-refractivity contribution in [1.82, 2.24) is 16.0 Å². The highest BCUT2D eigenvalue weighted by Crippen LogP contribution is 2.05. The van der Waals surface area contributed by atoms with Crippen molar-refractivity contribution in [3.63, 3.8) is 0 Å². The zero-order valence-corrected chi connectivity index (χ0v) is 15.6. The Morgan fingerprint density at radius 1 is 1.04 bits per heavy atom. The third-order valence-electron chi connectivity index (χ3n) is 3.66. The summed E-state index contributed by atoms with van der Waals surface area (Å²) in [5, 5.41) is 32.3. The zero-order chi connectivity index (χ0) is 21.0. The molecule has 0 saturated heterocycles. The molecule has 2 atom stereocenters. The van der Waals surface area contributed by atoms with Crippen molar-refractivity contribution in [2.45, 2.75) is 58.0 Å². The molecule has 0 fully saturated rings. The van der Waals surface area contributed by atoms with Crippen LogP contribution >= 0.6 is 0 Å². The normalized spacial score (nSPS) is 12.7. The van der Waals surface area contributed by atoms with Gasteiger partial charge in [-0.15, -0.1) is 0 Å². The average molecular weight is 387 g/mol. The van der Waals surface area contributed by atoms with Gasteiger partial charge >= 0.3 is 11.9 Å². The number of aliphatic carboxylic acids is 2. The van der Waals surface area contributed by atoms with Gasteiger partial charge in [-0.25, -0.2) is 4.79 Å². The lowest BCUT2D eigenvalue weighted by Crippen LogP contribution is -2.53. The van der Waals surface area contributed by atoms with Crippen LogP contribution in [0.2, 0.25) is 0 Å². The molecule has 0 aliphatic carbocycles. The van der Waals surface area contributed by atoms with E-state index in [1.54, 1.807) is 13.8 Å². The topological polar surface area (TPSA) is 195 Å². The summed E-state index contributed by atoms with van der Waals surface area (Å²) in [6.45, 7) is 3.71. The maximum absolute atomic E-state index is 12.2. The van der Waals surface area contributed by atoms with E-state index in [9.17, 15) is 19.2 Å². The molecule has 0 rings (SSSR count). The van der Waals surface area contributed by atoms with Crippen molar-refractivity contribution in [2.24, 2.45) is 11.7 Å². The monoisotopic (exact) mass is 387 g/mol. The van der Waals surface area contributed by atoms with E-state index in [1.165, 1.54) is 0 Å². The molecule has 0 saturated carbocycles. The van der Waals surface area contributed by atoms with Crippen molar-refractivity contribution in [3.05, 3.63) is 0 Å². The summed E-state index contributed by atoms with van der Waals surface area (Å²) in [7, 11) is 0. The van der Waals surface area contributed by atoms with Gasteiger partial charge in [0.05, 0.1) is 6.42 Å². The number of amides is 2. The first-order valence-corrected chi connectivity index (χ1v) is 8.66. The average Bonchev–Trinajstić information content (AvgIpc) is 2.53. The van der Waals surface area contributed by atoms with Gasteiger partial charge in [0, 0.05) is 13.0 Å². The standard InChI is InChI=1S/C16H29N5O6/c1-9(2)13(15(26)27)21-14(25)10(8-12(23)24)20-11(22)6-4-3-5-7-19-16(17)18/h9-10,13H,3-8H2,1-2H3,(H,20,22)(H,21,25)(H,23,24)(H,26,27)(H4,17,18,19)/t10-,13-/m0/s1. The molecular formula is C16H29N5O6. The quantitative estimate of drug-likeness (QED) is 0.121. The number of unbranched alkanes of at least 4 members (excludes halogenated alkanes) is 2. The number of carbonyl (C=O) groups excluding carboxylic acids is 2. The molecule has 0 aromatic heterocycles. The molecule has 0 heterocycles. The number of carbonyl (C=O) groups is 4. The smallest absolute Gasteiger partial charge is 0.326 e. The number of rotatable bonds is 13. The van der Waals surface area contributed by atoms with Crippen molar-refractivity contribution in [2.75, 3.05) is 6.54 Å². The molecule has 0 spiro atoms. The summed E-state index contributed by atoms with van der Waals surface area (Å²) in [5.41, 5.74) is 5.14. The van der Waals surface area contributed by atoms with Crippen LogP contribution in [0.3, 0.4) is 0 Å². The molecule has 0 aromatic carbocycles. The summed E-state index contributed by atoms with van der Waals surface area (Å²) in [4.78, 5) is 46.3. The van der Waals surface area contributed by atoms with Crippen LogP contribution in [0.25, 0.3) is 0 Å². The molecule has 0 aliphatic rings. The van der Waals surface area contributed by atoms with Gasteiger partial charge < -0.3 is 31.9 Å². The number of nitrogens with one attached hydrogen (secondary N) is 4. The predicted octanol–water partition coefficient (Wildman–Crippen LogP) is -0.785. The summed E-state index contributed by atoms with van der Waals surface area (Å²) in [5.74, 6) is -4.41. The van der Waals surface area contributed by atoms with Crippen LogP contribution in [-0.4, -0.2) is 58.6 Å². The van der Waals surface area contributed by atoms with E-state index >= 15 is 0 Å². The molecule has 154 valence electrons. The molecule has 0 aromatic rings. The molecule has 11 heteroatoms. The van der Waals surface area contributed by atoms with Crippen molar-refractivity contribution < 1.29 is 29.4 Å². The van der Waals surface area contributed by atoms with Gasteiger partial charge in [0.1, 0.15) is 12.1 Å². The van der Waals surface area contributed by atoms with Gasteiger partial charge in [-0.3, -0.25) is 19.8 Å². The summed E-state index contributed by atoms with van der Waals surface area (Å²) < 4.78 is 0. The van der Waals surface area contributed by atoms with Crippen LogP contribution in [0, 0.1) is 11.3 Å². The van der Waals surface area contributed by atoms with Gasteiger partial charge in [-0.1, -0.05) is 20.3 Å². The number of hydrogen-bond donors (Lipinski definition) is 7. The number of guanidine groups is 1. The Kier molecular flexibility index (Phi) is 11.2. The van der Waals surface area contributed by atoms with Gasteiger partial charge in [0.15, 0.2) is 5.96 Å². The van der Waals surface area contributed by atoms with Crippen LogP contribution in [0.15, 0.2) is 0 Å². The fraction of sp³-hybridized carbons (Fsp3) is 0.688. The molecule has 0 aliphatic heterocycles. The number of carboxylic acids is 2. The van der Waals surface area contributed by atoms with E-state index in [0.717, 1.165) is 0 Å². The molecule has 2 amide bonds. The molecule has 0 radical (unpaired) electrons. The Balaban J connectivity index is 4.56. The Labute approximate surface area is 157 Å². The van der Waals surface area contributed by atoms with E-state index < -0.39 is 48.2 Å². The van der Waals surface area contributed by atoms with Gasteiger partial charge in [-0.05, 0) is 18.8 Å². The maximum Gasteiger partial charge on any atom is 0.326 e. The van der Waals surface area contributed by atoms with E-state index in [0.29, 0.717) is 25.8 Å². The SMILES string of the molecule is CC(C)[C@H](NC(=O)[C@H](CC(=O)O)NC(=O)CCCCCNC(=N)N)C(=O)O. The lowest BCUT2D eigenvalue weighted by atomic mass is 10.0. The first-order valence-electron chi connectivity index (χ1n) is 8.66. The van der Waals surface area contributed by atoms with Crippen molar-refractivity contribution in [3.8, 4) is 0 Å². The van der Waals surface area contributed by atoms with Crippen LogP contribution in [0.5, 0.6) is 0 Å². The summed E-state index contributed by atoms with van der Waals surface area (Å²) in [6, 6.07) is -2.53. The highest BCUT2D eigenvalue weighted by Gasteiger charge is 2.29. The first kappa shape index (κ1) is 24.1. The number of hydrogen-bond acceptors (Lipinski definition) is 5. The molecule has 0 unspecified atom stereocenters.